The third-order valence-corrected chi connectivity index (χ3v) is 5.29. The molecule has 0 radical (unpaired) electrons. The van der Waals surface area contributed by atoms with Gasteiger partial charge in [-0.05, 0) is 24.6 Å². The number of rotatable bonds is 3. The Morgan fingerprint density at radius 1 is 0.931 bits per heavy atom. The number of ether oxygens (including phenoxy) is 1. The molecule has 0 saturated heterocycles. The first-order chi connectivity index (χ1) is 14.1. The van der Waals surface area contributed by atoms with E-state index in [1.54, 1.807) is 6.07 Å². The smallest absolute Gasteiger partial charge is 0.327 e. The SMILES string of the molecule is CCOc1ccc([C@H]2C3=C(Nc4[nH]c(=O)[nH]c(=O)c42)c2ccccc2C3=O)cc1. The molecule has 144 valence electrons. The van der Waals surface area contributed by atoms with Gasteiger partial charge in [0.25, 0.3) is 5.56 Å². The lowest BCUT2D eigenvalue weighted by atomic mass is 9.81. The van der Waals surface area contributed by atoms with Crippen LogP contribution in [0.3, 0.4) is 0 Å². The number of nitrogens with one attached hydrogen (secondary N) is 3. The standard InChI is InChI=1S/C22H17N3O4/c1-2-29-12-9-7-11(8-10-12)15-16-18(13-5-3-4-6-14(13)19(16)26)23-20-17(15)21(27)25-22(28)24-20/h3-10,15H,2H2,1H3,(H3,23,24,25,27,28)/t15-/m0/s1. The van der Waals surface area contributed by atoms with Gasteiger partial charge in [-0.1, -0.05) is 36.4 Å². The highest BCUT2D eigenvalue weighted by atomic mass is 16.5. The molecule has 2 aliphatic rings. The first-order valence-corrected chi connectivity index (χ1v) is 9.33. The molecule has 0 saturated carbocycles. The van der Waals surface area contributed by atoms with E-state index in [0.717, 1.165) is 11.1 Å². The predicted octanol–water partition coefficient (Wildman–Crippen LogP) is 2.63. The van der Waals surface area contributed by atoms with E-state index in [-0.39, 0.29) is 5.78 Å². The van der Waals surface area contributed by atoms with Gasteiger partial charge in [-0.3, -0.25) is 19.6 Å². The summed E-state index contributed by atoms with van der Waals surface area (Å²) < 4.78 is 5.51. The maximum atomic E-state index is 13.3. The Morgan fingerprint density at radius 2 is 1.66 bits per heavy atom. The van der Waals surface area contributed by atoms with E-state index in [2.05, 4.69) is 15.3 Å². The molecule has 0 unspecified atom stereocenters. The lowest BCUT2D eigenvalue weighted by Gasteiger charge is -2.27. The minimum Gasteiger partial charge on any atom is -0.494 e. The van der Waals surface area contributed by atoms with Gasteiger partial charge in [-0.15, -0.1) is 0 Å². The molecule has 0 amide bonds. The van der Waals surface area contributed by atoms with Gasteiger partial charge >= 0.3 is 5.69 Å². The summed E-state index contributed by atoms with van der Waals surface area (Å²) in [6, 6.07) is 14.6. The van der Waals surface area contributed by atoms with Crippen LogP contribution in [0.15, 0.2) is 63.7 Å². The molecule has 0 spiro atoms. The molecule has 5 rings (SSSR count). The van der Waals surface area contributed by atoms with Crippen LogP contribution < -0.4 is 21.3 Å². The van der Waals surface area contributed by atoms with Crippen LogP contribution >= 0.6 is 0 Å². The maximum Gasteiger partial charge on any atom is 0.327 e. The van der Waals surface area contributed by atoms with E-state index < -0.39 is 17.2 Å². The lowest BCUT2D eigenvalue weighted by Crippen LogP contribution is -2.33. The summed E-state index contributed by atoms with van der Waals surface area (Å²) in [4.78, 5) is 42.8. The van der Waals surface area contributed by atoms with E-state index in [9.17, 15) is 14.4 Å². The molecule has 0 fully saturated rings. The summed E-state index contributed by atoms with van der Waals surface area (Å²) in [6.45, 7) is 2.44. The lowest BCUT2D eigenvalue weighted by molar-refractivity contribution is 0.103. The molecule has 1 aromatic heterocycles. The third kappa shape index (κ3) is 2.55. The average molecular weight is 387 g/mol. The van der Waals surface area contributed by atoms with Gasteiger partial charge in [0.05, 0.1) is 17.9 Å². The van der Waals surface area contributed by atoms with Crippen molar-refractivity contribution in [1.82, 2.24) is 9.97 Å². The Balaban J connectivity index is 1.76. The molecule has 0 bridgehead atoms. The summed E-state index contributed by atoms with van der Waals surface area (Å²) in [6.07, 6.45) is 0. The monoisotopic (exact) mass is 387 g/mol. The molecule has 7 heteroatoms. The van der Waals surface area contributed by atoms with Gasteiger partial charge in [-0.2, -0.15) is 0 Å². The molecule has 3 aromatic rings. The molecule has 1 atom stereocenters. The quantitative estimate of drug-likeness (QED) is 0.641. The van der Waals surface area contributed by atoms with Gasteiger partial charge in [-0.25, -0.2) is 4.79 Å². The van der Waals surface area contributed by atoms with E-state index >= 15 is 0 Å². The average Bonchev–Trinajstić information content (AvgIpc) is 3.00. The van der Waals surface area contributed by atoms with Crippen molar-refractivity contribution in [1.29, 1.82) is 0 Å². The molecule has 2 aromatic carbocycles. The minimum absolute atomic E-state index is 0.127. The fraction of sp³-hybridized carbons (Fsp3) is 0.136. The van der Waals surface area contributed by atoms with E-state index in [4.69, 9.17) is 4.74 Å². The number of aromatic nitrogens is 2. The summed E-state index contributed by atoms with van der Waals surface area (Å²) in [5.41, 5.74) is 2.41. The number of carbonyl (C=O) groups is 1. The number of hydrogen-bond acceptors (Lipinski definition) is 5. The molecule has 1 aliphatic heterocycles. The fourth-order valence-electron chi connectivity index (χ4n) is 4.11. The fourth-order valence-corrected chi connectivity index (χ4v) is 4.11. The molecular formula is C22H17N3O4. The number of H-pyrrole nitrogens is 2. The third-order valence-electron chi connectivity index (χ3n) is 5.29. The number of aromatic amines is 2. The molecular weight excluding hydrogens is 370 g/mol. The van der Waals surface area contributed by atoms with E-state index in [1.807, 2.05) is 49.4 Å². The van der Waals surface area contributed by atoms with Gasteiger partial charge < -0.3 is 10.1 Å². The summed E-state index contributed by atoms with van der Waals surface area (Å²) in [5.74, 6) is 0.271. The Labute approximate surface area is 165 Å². The summed E-state index contributed by atoms with van der Waals surface area (Å²) >= 11 is 0. The van der Waals surface area contributed by atoms with Crippen molar-refractivity contribution in [3.8, 4) is 5.75 Å². The number of hydrogen-bond donors (Lipinski definition) is 3. The van der Waals surface area contributed by atoms with Crippen molar-refractivity contribution in [3.05, 3.63) is 97.2 Å². The Hall–Kier alpha value is -3.87. The van der Waals surface area contributed by atoms with Crippen LogP contribution in [0.4, 0.5) is 5.82 Å². The second-order valence-electron chi connectivity index (χ2n) is 6.92. The van der Waals surface area contributed by atoms with Crippen molar-refractivity contribution in [3.63, 3.8) is 0 Å². The highest BCUT2D eigenvalue weighted by molar-refractivity contribution is 6.23. The normalized spacial score (nSPS) is 16.7. The number of ketones is 1. The van der Waals surface area contributed by atoms with Crippen molar-refractivity contribution < 1.29 is 9.53 Å². The number of anilines is 1. The van der Waals surface area contributed by atoms with Gasteiger partial charge in [0, 0.05) is 22.6 Å². The van der Waals surface area contributed by atoms with Crippen LogP contribution in [0.2, 0.25) is 0 Å². The Bertz CT molecular complexity index is 1300. The maximum absolute atomic E-state index is 13.3. The Morgan fingerprint density at radius 3 is 2.38 bits per heavy atom. The molecule has 1 aliphatic carbocycles. The number of allylic oxidation sites excluding steroid dienone is 1. The Kier molecular flexibility index (Phi) is 3.77. The number of carbonyl (C=O) groups excluding carboxylic acids is 1. The van der Waals surface area contributed by atoms with Gasteiger partial charge in [0.15, 0.2) is 5.78 Å². The molecule has 29 heavy (non-hydrogen) atoms. The second kappa shape index (κ2) is 6.34. The number of Topliss-reactive ketones (excluding diaryl/α,β-unsaturated/α-hetero) is 1. The zero-order valence-electron chi connectivity index (χ0n) is 15.5. The first-order valence-electron chi connectivity index (χ1n) is 9.33. The summed E-state index contributed by atoms with van der Waals surface area (Å²) in [5, 5.41) is 3.12. The van der Waals surface area contributed by atoms with Crippen molar-refractivity contribution >= 4 is 17.3 Å². The number of benzene rings is 2. The van der Waals surface area contributed by atoms with Crippen LogP contribution in [-0.4, -0.2) is 22.4 Å². The largest absolute Gasteiger partial charge is 0.494 e. The van der Waals surface area contributed by atoms with Crippen LogP contribution in [-0.2, 0) is 0 Å². The second-order valence-corrected chi connectivity index (χ2v) is 6.92. The van der Waals surface area contributed by atoms with Gasteiger partial charge in [0.1, 0.15) is 11.6 Å². The highest BCUT2D eigenvalue weighted by Crippen LogP contribution is 2.47. The van der Waals surface area contributed by atoms with Crippen molar-refractivity contribution in [2.75, 3.05) is 11.9 Å². The van der Waals surface area contributed by atoms with E-state index in [1.165, 1.54) is 0 Å². The van der Waals surface area contributed by atoms with Crippen LogP contribution in [0, 0.1) is 0 Å². The minimum atomic E-state index is -0.613. The zero-order chi connectivity index (χ0) is 20.1. The van der Waals surface area contributed by atoms with Crippen molar-refractivity contribution in [2.45, 2.75) is 12.8 Å². The first kappa shape index (κ1) is 17.2. The molecule has 2 heterocycles. The molecule has 7 nitrogen and oxygen atoms in total. The van der Waals surface area contributed by atoms with Crippen LogP contribution in [0.25, 0.3) is 5.70 Å². The van der Waals surface area contributed by atoms with Crippen molar-refractivity contribution in [2.24, 2.45) is 0 Å². The zero-order valence-corrected chi connectivity index (χ0v) is 15.5. The number of fused-ring (bicyclic) bond motifs is 3. The van der Waals surface area contributed by atoms with Gasteiger partial charge in [0.2, 0.25) is 0 Å². The topological polar surface area (TPSA) is 104 Å². The predicted molar refractivity (Wildman–Crippen MR) is 108 cm³/mol. The highest BCUT2D eigenvalue weighted by Gasteiger charge is 2.41. The van der Waals surface area contributed by atoms with Crippen LogP contribution in [0.1, 0.15) is 39.9 Å². The molecule has 3 N–H and O–H groups in total. The van der Waals surface area contributed by atoms with Crippen LogP contribution in [0.5, 0.6) is 5.75 Å². The summed E-state index contributed by atoms with van der Waals surface area (Å²) in [7, 11) is 0. The van der Waals surface area contributed by atoms with E-state index in [0.29, 0.717) is 40.6 Å².